The highest BCUT2D eigenvalue weighted by molar-refractivity contribution is 7.47. The van der Waals surface area contributed by atoms with Crippen LogP contribution in [0.5, 0.6) is 0 Å². The van der Waals surface area contributed by atoms with Crippen LogP contribution in [0.2, 0.25) is 0 Å². The Balaban J connectivity index is 4.18. The summed E-state index contributed by atoms with van der Waals surface area (Å²) in [4.78, 5) is 22.9. The van der Waals surface area contributed by atoms with E-state index in [9.17, 15) is 14.3 Å². The van der Waals surface area contributed by atoms with Crippen molar-refractivity contribution < 1.29 is 37.3 Å². The SMILES string of the molecule is CCCCCCCC/C=C\CCCCCCCCOC[C@H](COP(=O)(O)OCC[N+](C)(C)C)OC(=O)CCCCCCCCCCCCCCCCCCC. The fourth-order valence-corrected chi connectivity index (χ4v) is 7.41. The number of allylic oxidation sites excluding steroid dienone is 2. The highest BCUT2D eigenvalue weighted by atomic mass is 31.2. The van der Waals surface area contributed by atoms with E-state index < -0.39 is 13.9 Å². The number of phosphoric ester groups is 1. The summed E-state index contributed by atoms with van der Waals surface area (Å²) in [5.41, 5.74) is 0. The van der Waals surface area contributed by atoms with Gasteiger partial charge in [0.2, 0.25) is 0 Å². The number of carbonyl (C=O) groups is 1. The van der Waals surface area contributed by atoms with Crippen molar-refractivity contribution in [2.45, 2.75) is 225 Å². The van der Waals surface area contributed by atoms with Crippen LogP contribution < -0.4 is 0 Å². The maximum atomic E-state index is 12.7. The molecule has 8 nitrogen and oxygen atoms in total. The minimum absolute atomic E-state index is 0.0908. The zero-order valence-corrected chi connectivity index (χ0v) is 38.1. The lowest BCUT2D eigenvalue weighted by Gasteiger charge is -2.24. The Hall–Kier alpha value is -0.760. The van der Waals surface area contributed by atoms with Crippen LogP contribution in [0.15, 0.2) is 12.2 Å². The van der Waals surface area contributed by atoms with Gasteiger partial charge < -0.3 is 18.9 Å². The van der Waals surface area contributed by atoms with Gasteiger partial charge >= 0.3 is 13.8 Å². The van der Waals surface area contributed by atoms with Gasteiger partial charge in [-0.25, -0.2) is 4.57 Å². The molecule has 0 rings (SSSR count). The summed E-state index contributed by atoms with van der Waals surface area (Å²) in [5.74, 6) is -0.311. The number of likely N-dealkylation sites (N-methyl/N-ethyl adjacent to an activating group) is 1. The number of ether oxygens (including phenoxy) is 2. The molecule has 0 spiro atoms. The van der Waals surface area contributed by atoms with Crippen LogP contribution in [-0.4, -0.2) is 75.6 Å². The molecule has 0 saturated carbocycles. The van der Waals surface area contributed by atoms with E-state index in [2.05, 4.69) is 26.0 Å². The highest BCUT2D eigenvalue weighted by Crippen LogP contribution is 2.43. The van der Waals surface area contributed by atoms with E-state index in [-0.39, 0.29) is 25.8 Å². The summed E-state index contributed by atoms with van der Waals surface area (Å²) in [5, 5.41) is 0. The number of carbonyl (C=O) groups excluding carboxylic acids is 1. The van der Waals surface area contributed by atoms with Crippen LogP contribution >= 0.6 is 7.82 Å². The zero-order chi connectivity index (χ0) is 40.6. The Kier molecular flexibility index (Phi) is 39.5. The first-order chi connectivity index (χ1) is 26.6. The molecule has 0 fully saturated rings. The summed E-state index contributed by atoms with van der Waals surface area (Å²) >= 11 is 0. The van der Waals surface area contributed by atoms with Crippen molar-refractivity contribution in [3.8, 4) is 0 Å². The fraction of sp³-hybridized carbons (Fsp3) is 0.935. The van der Waals surface area contributed by atoms with E-state index in [1.807, 2.05) is 21.1 Å². The molecule has 328 valence electrons. The van der Waals surface area contributed by atoms with Gasteiger partial charge in [-0.1, -0.05) is 187 Å². The molecular formula is C46H93NO7P+. The Bertz CT molecular complexity index is 894. The lowest BCUT2D eigenvalue weighted by atomic mass is 10.0. The standard InChI is InChI=1S/C46H92NO7P/c1-6-8-10-12-14-16-18-20-22-24-25-27-29-31-33-35-37-39-46(48)54-45(44-53-55(49,50)52-42-40-47(3,4)5)43-51-41-38-36-34-32-30-28-26-23-21-19-17-15-13-11-9-7-2/h21,23,45H,6-20,22,24-44H2,1-5H3/p+1/b23-21-/t45-/m1/s1. The number of hydrogen-bond acceptors (Lipinski definition) is 6. The maximum absolute atomic E-state index is 12.7. The lowest BCUT2D eigenvalue weighted by Crippen LogP contribution is -2.37. The van der Waals surface area contributed by atoms with Gasteiger partial charge in [0.1, 0.15) is 19.3 Å². The second kappa shape index (κ2) is 40.0. The fourth-order valence-electron chi connectivity index (χ4n) is 6.67. The first-order valence-electron chi connectivity index (χ1n) is 23.4. The van der Waals surface area contributed by atoms with E-state index in [4.69, 9.17) is 18.5 Å². The van der Waals surface area contributed by atoms with Crippen LogP contribution in [0, 0.1) is 0 Å². The topological polar surface area (TPSA) is 91.3 Å². The molecule has 0 aliphatic carbocycles. The van der Waals surface area contributed by atoms with Crippen molar-refractivity contribution in [3.63, 3.8) is 0 Å². The quantitative estimate of drug-likeness (QED) is 0.0216. The minimum Gasteiger partial charge on any atom is -0.457 e. The van der Waals surface area contributed by atoms with Crippen molar-refractivity contribution in [1.82, 2.24) is 0 Å². The zero-order valence-electron chi connectivity index (χ0n) is 37.2. The number of hydrogen-bond donors (Lipinski definition) is 1. The van der Waals surface area contributed by atoms with E-state index in [0.29, 0.717) is 24.1 Å². The van der Waals surface area contributed by atoms with Gasteiger partial charge in [0, 0.05) is 13.0 Å². The first-order valence-corrected chi connectivity index (χ1v) is 24.9. The molecule has 0 aromatic heterocycles. The van der Waals surface area contributed by atoms with Gasteiger partial charge in [-0.15, -0.1) is 0 Å². The average molecular weight is 803 g/mol. The Morgan fingerprint density at radius 3 is 1.38 bits per heavy atom. The summed E-state index contributed by atoms with van der Waals surface area (Å²) in [6.45, 7) is 5.65. The summed E-state index contributed by atoms with van der Waals surface area (Å²) in [6.07, 6.45) is 43.8. The van der Waals surface area contributed by atoms with Gasteiger partial charge in [-0.3, -0.25) is 13.8 Å². The summed E-state index contributed by atoms with van der Waals surface area (Å²) in [7, 11) is 1.68. The molecule has 9 heteroatoms. The molecule has 55 heavy (non-hydrogen) atoms. The Morgan fingerprint density at radius 2 is 0.945 bits per heavy atom. The summed E-state index contributed by atoms with van der Waals surface area (Å²) < 4.78 is 35.1. The van der Waals surface area contributed by atoms with E-state index in [0.717, 1.165) is 32.1 Å². The van der Waals surface area contributed by atoms with Crippen LogP contribution in [0.25, 0.3) is 0 Å². The maximum Gasteiger partial charge on any atom is 0.472 e. The van der Waals surface area contributed by atoms with Crippen molar-refractivity contribution in [3.05, 3.63) is 12.2 Å². The molecular weight excluding hydrogens is 709 g/mol. The van der Waals surface area contributed by atoms with E-state index >= 15 is 0 Å². The van der Waals surface area contributed by atoms with Gasteiger partial charge in [0.25, 0.3) is 0 Å². The second-order valence-electron chi connectivity index (χ2n) is 17.1. The number of rotatable bonds is 44. The molecule has 0 aliphatic rings. The number of unbranched alkanes of at least 4 members (excludes halogenated alkanes) is 28. The van der Waals surface area contributed by atoms with Crippen LogP contribution in [0.4, 0.5) is 0 Å². The molecule has 2 atom stereocenters. The Morgan fingerprint density at radius 1 is 0.545 bits per heavy atom. The van der Waals surface area contributed by atoms with Crippen molar-refractivity contribution in [2.24, 2.45) is 0 Å². The van der Waals surface area contributed by atoms with Crippen molar-refractivity contribution >= 4 is 13.8 Å². The second-order valence-corrected chi connectivity index (χ2v) is 18.6. The monoisotopic (exact) mass is 803 g/mol. The highest BCUT2D eigenvalue weighted by Gasteiger charge is 2.26. The van der Waals surface area contributed by atoms with Gasteiger partial charge in [-0.05, 0) is 38.5 Å². The largest absolute Gasteiger partial charge is 0.472 e. The van der Waals surface area contributed by atoms with E-state index in [1.165, 1.54) is 167 Å². The number of nitrogens with zero attached hydrogens (tertiary/aromatic N) is 1. The number of esters is 1. The van der Waals surface area contributed by atoms with Gasteiger partial charge in [0.05, 0.1) is 34.4 Å². The van der Waals surface area contributed by atoms with Crippen molar-refractivity contribution in [1.29, 1.82) is 0 Å². The predicted octanol–water partition coefficient (Wildman–Crippen LogP) is 13.8. The summed E-state index contributed by atoms with van der Waals surface area (Å²) in [6, 6.07) is 0. The van der Waals surface area contributed by atoms with Crippen LogP contribution in [-0.2, 0) is 27.9 Å². The predicted molar refractivity (Wildman–Crippen MR) is 234 cm³/mol. The molecule has 1 unspecified atom stereocenters. The molecule has 0 radical (unpaired) electrons. The molecule has 0 aromatic carbocycles. The molecule has 0 saturated heterocycles. The van der Waals surface area contributed by atoms with Gasteiger partial charge in [-0.2, -0.15) is 0 Å². The Labute approximate surface area is 341 Å². The van der Waals surface area contributed by atoms with Crippen LogP contribution in [0.3, 0.4) is 0 Å². The molecule has 0 amide bonds. The van der Waals surface area contributed by atoms with Crippen LogP contribution in [0.1, 0.15) is 219 Å². The molecule has 0 heterocycles. The molecule has 0 bridgehead atoms. The normalized spacial score (nSPS) is 13.8. The molecule has 0 aliphatic heterocycles. The molecule has 1 N–H and O–H groups in total. The third-order valence-electron chi connectivity index (χ3n) is 10.3. The average Bonchev–Trinajstić information content (AvgIpc) is 3.13. The molecule has 0 aromatic rings. The number of phosphoric acid groups is 1. The van der Waals surface area contributed by atoms with E-state index in [1.54, 1.807) is 0 Å². The third-order valence-corrected chi connectivity index (χ3v) is 11.3. The lowest BCUT2D eigenvalue weighted by molar-refractivity contribution is -0.870. The third kappa shape index (κ3) is 44.2. The first kappa shape index (κ1) is 54.2. The number of quaternary nitrogens is 1. The van der Waals surface area contributed by atoms with Gasteiger partial charge in [0.15, 0.2) is 0 Å². The van der Waals surface area contributed by atoms with Crippen molar-refractivity contribution in [2.75, 3.05) is 54.1 Å². The minimum atomic E-state index is -4.27. The smallest absolute Gasteiger partial charge is 0.457 e.